The molecule has 1 saturated carbocycles. The molecule has 0 radical (unpaired) electrons. The number of hydrogen-bond acceptors (Lipinski definition) is 2. The van der Waals surface area contributed by atoms with Crippen LogP contribution in [0.5, 0.6) is 0 Å². The number of nitrogens with two attached hydrogens (primary N) is 1. The minimum atomic E-state index is 0.666. The predicted octanol–water partition coefficient (Wildman–Crippen LogP) is 3.54. The first-order valence-corrected chi connectivity index (χ1v) is 6.91. The van der Waals surface area contributed by atoms with Gasteiger partial charge in [0.05, 0.1) is 11.0 Å². The van der Waals surface area contributed by atoms with Crippen LogP contribution in [0.1, 0.15) is 45.0 Å². The van der Waals surface area contributed by atoms with Crippen LogP contribution < -0.4 is 5.73 Å². The predicted molar refractivity (Wildman–Crippen MR) is 75.6 cm³/mol. The highest BCUT2D eigenvalue weighted by Crippen LogP contribution is 2.39. The Bertz CT molecular complexity index is 564. The summed E-state index contributed by atoms with van der Waals surface area (Å²) in [5.74, 6) is 1.97. The molecular weight excluding hydrogens is 222 g/mol. The molecule has 1 fully saturated rings. The van der Waals surface area contributed by atoms with Crippen molar-refractivity contribution in [1.82, 2.24) is 9.55 Å². The number of imidazole rings is 1. The summed E-state index contributed by atoms with van der Waals surface area (Å²) in [7, 11) is 0. The maximum atomic E-state index is 5.90. The van der Waals surface area contributed by atoms with E-state index in [-0.39, 0.29) is 0 Å². The second-order valence-corrected chi connectivity index (χ2v) is 5.81. The van der Waals surface area contributed by atoms with Crippen molar-refractivity contribution in [1.29, 1.82) is 0 Å². The average Bonchev–Trinajstić information content (AvgIpc) is 3.08. The van der Waals surface area contributed by atoms with Crippen LogP contribution in [0.4, 0.5) is 5.69 Å². The summed E-state index contributed by atoms with van der Waals surface area (Å²) in [6.45, 7) is 4.53. The van der Waals surface area contributed by atoms with E-state index in [1.165, 1.54) is 30.6 Å². The Kier molecular flexibility index (Phi) is 2.77. The van der Waals surface area contributed by atoms with Crippen molar-refractivity contribution >= 4 is 16.7 Å². The van der Waals surface area contributed by atoms with Gasteiger partial charge < -0.3 is 10.3 Å². The van der Waals surface area contributed by atoms with Gasteiger partial charge in [0.25, 0.3) is 0 Å². The fraction of sp³-hybridized carbons (Fsp3) is 0.533. The molecule has 0 aliphatic heterocycles. The molecule has 0 saturated heterocycles. The summed E-state index contributed by atoms with van der Waals surface area (Å²) in [4.78, 5) is 4.79. The van der Waals surface area contributed by atoms with E-state index in [2.05, 4.69) is 24.5 Å². The van der Waals surface area contributed by atoms with Crippen molar-refractivity contribution in [3.05, 3.63) is 24.0 Å². The number of fused-ring (bicyclic) bond motifs is 1. The van der Waals surface area contributed by atoms with Gasteiger partial charge in [-0.05, 0) is 43.4 Å². The lowest BCUT2D eigenvalue weighted by Gasteiger charge is -2.09. The molecule has 2 N–H and O–H groups in total. The van der Waals surface area contributed by atoms with Crippen LogP contribution in [-0.4, -0.2) is 9.55 Å². The van der Waals surface area contributed by atoms with Crippen molar-refractivity contribution in [3.8, 4) is 0 Å². The molecule has 3 heteroatoms. The molecule has 1 aromatic carbocycles. The molecule has 1 aromatic heterocycles. The fourth-order valence-electron chi connectivity index (χ4n) is 2.49. The minimum Gasteiger partial charge on any atom is -0.399 e. The molecule has 1 aliphatic carbocycles. The fourth-order valence-corrected chi connectivity index (χ4v) is 2.49. The molecule has 3 nitrogen and oxygen atoms in total. The van der Waals surface area contributed by atoms with Crippen molar-refractivity contribution in [3.63, 3.8) is 0 Å². The van der Waals surface area contributed by atoms with Gasteiger partial charge in [-0.25, -0.2) is 4.98 Å². The molecule has 0 amide bonds. The van der Waals surface area contributed by atoms with Gasteiger partial charge >= 0.3 is 0 Å². The first kappa shape index (κ1) is 11.6. The standard InChI is InChI=1S/C15H21N3/c1-10(2)3-8-15-17-13-7-4-11(16)9-14(13)18(15)12-5-6-12/h4,7,9-10,12H,3,5-6,8,16H2,1-2H3. The summed E-state index contributed by atoms with van der Waals surface area (Å²) in [5.41, 5.74) is 9.05. The number of hydrogen-bond donors (Lipinski definition) is 1. The van der Waals surface area contributed by atoms with Crippen LogP contribution in [0, 0.1) is 5.92 Å². The molecule has 0 bridgehead atoms. The number of rotatable bonds is 4. The van der Waals surface area contributed by atoms with E-state index in [4.69, 9.17) is 10.7 Å². The quantitative estimate of drug-likeness (QED) is 0.835. The molecule has 0 spiro atoms. The summed E-state index contributed by atoms with van der Waals surface area (Å²) in [6.07, 6.45) is 4.85. The Balaban J connectivity index is 2.04. The van der Waals surface area contributed by atoms with Gasteiger partial charge in [-0.3, -0.25) is 0 Å². The third-order valence-electron chi connectivity index (χ3n) is 3.64. The highest BCUT2D eigenvalue weighted by Gasteiger charge is 2.28. The first-order valence-electron chi connectivity index (χ1n) is 6.91. The third-order valence-corrected chi connectivity index (χ3v) is 3.64. The molecule has 3 rings (SSSR count). The summed E-state index contributed by atoms with van der Waals surface area (Å²) in [5, 5.41) is 0. The lowest BCUT2D eigenvalue weighted by molar-refractivity contribution is 0.558. The molecule has 1 aliphatic rings. The monoisotopic (exact) mass is 243 g/mol. The van der Waals surface area contributed by atoms with Crippen LogP contribution in [0.25, 0.3) is 11.0 Å². The lowest BCUT2D eigenvalue weighted by Crippen LogP contribution is -2.03. The zero-order valence-corrected chi connectivity index (χ0v) is 11.2. The Morgan fingerprint density at radius 2 is 2.17 bits per heavy atom. The van der Waals surface area contributed by atoms with E-state index < -0.39 is 0 Å². The largest absolute Gasteiger partial charge is 0.399 e. The molecule has 18 heavy (non-hydrogen) atoms. The van der Waals surface area contributed by atoms with Gasteiger partial charge in [0.1, 0.15) is 5.82 Å². The van der Waals surface area contributed by atoms with E-state index in [1.54, 1.807) is 0 Å². The molecule has 0 unspecified atom stereocenters. The van der Waals surface area contributed by atoms with E-state index in [1.807, 2.05) is 12.1 Å². The van der Waals surface area contributed by atoms with Crippen LogP contribution >= 0.6 is 0 Å². The number of nitrogen functional groups attached to an aromatic ring is 1. The second-order valence-electron chi connectivity index (χ2n) is 5.81. The molecule has 2 aromatic rings. The van der Waals surface area contributed by atoms with E-state index in [9.17, 15) is 0 Å². The van der Waals surface area contributed by atoms with Crippen molar-refractivity contribution in [2.75, 3.05) is 5.73 Å². The van der Waals surface area contributed by atoms with Crippen LogP contribution in [0.15, 0.2) is 18.2 Å². The second kappa shape index (κ2) is 4.30. The zero-order chi connectivity index (χ0) is 12.7. The van der Waals surface area contributed by atoms with Crippen LogP contribution in [0.2, 0.25) is 0 Å². The smallest absolute Gasteiger partial charge is 0.110 e. The molecular formula is C15H21N3. The SMILES string of the molecule is CC(C)CCc1nc2ccc(N)cc2n1C1CC1. The van der Waals surface area contributed by atoms with Crippen molar-refractivity contribution in [2.45, 2.75) is 45.6 Å². The van der Waals surface area contributed by atoms with Gasteiger partial charge in [-0.15, -0.1) is 0 Å². The van der Waals surface area contributed by atoms with E-state index >= 15 is 0 Å². The lowest BCUT2D eigenvalue weighted by atomic mass is 10.1. The maximum Gasteiger partial charge on any atom is 0.110 e. The highest BCUT2D eigenvalue weighted by atomic mass is 15.1. The average molecular weight is 243 g/mol. The number of aromatic nitrogens is 2. The minimum absolute atomic E-state index is 0.666. The van der Waals surface area contributed by atoms with Crippen molar-refractivity contribution in [2.24, 2.45) is 5.92 Å². The first-order chi connectivity index (χ1) is 8.65. The molecule has 0 atom stereocenters. The van der Waals surface area contributed by atoms with Crippen LogP contribution in [0.3, 0.4) is 0 Å². The van der Waals surface area contributed by atoms with Crippen molar-refractivity contribution < 1.29 is 0 Å². The van der Waals surface area contributed by atoms with Gasteiger partial charge in [0.2, 0.25) is 0 Å². The summed E-state index contributed by atoms with van der Waals surface area (Å²) < 4.78 is 2.42. The van der Waals surface area contributed by atoms with Gasteiger partial charge in [0, 0.05) is 18.2 Å². The number of nitrogens with zero attached hydrogens (tertiary/aromatic N) is 2. The summed E-state index contributed by atoms with van der Waals surface area (Å²) >= 11 is 0. The Labute approximate surface area is 108 Å². The van der Waals surface area contributed by atoms with E-state index in [0.29, 0.717) is 6.04 Å². The Morgan fingerprint density at radius 3 is 2.83 bits per heavy atom. The number of benzene rings is 1. The van der Waals surface area contributed by atoms with E-state index in [0.717, 1.165) is 23.5 Å². The maximum absolute atomic E-state index is 5.90. The number of aryl methyl sites for hydroxylation is 1. The zero-order valence-electron chi connectivity index (χ0n) is 11.2. The highest BCUT2D eigenvalue weighted by molar-refractivity contribution is 5.80. The molecule has 96 valence electrons. The number of anilines is 1. The summed E-state index contributed by atoms with van der Waals surface area (Å²) in [6, 6.07) is 6.72. The van der Waals surface area contributed by atoms with Crippen LogP contribution in [-0.2, 0) is 6.42 Å². The molecule has 1 heterocycles. The van der Waals surface area contributed by atoms with Gasteiger partial charge in [0.15, 0.2) is 0 Å². The Morgan fingerprint density at radius 1 is 1.39 bits per heavy atom. The van der Waals surface area contributed by atoms with Gasteiger partial charge in [-0.2, -0.15) is 0 Å². The normalized spacial score (nSPS) is 15.7. The third kappa shape index (κ3) is 2.09. The topological polar surface area (TPSA) is 43.8 Å². The van der Waals surface area contributed by atoms with Gasteiger partial charge in [-0.1, -0.05) is 13.8 Å². The Hall–Kier alpha value is -1.51.